The van der Waals surface area contributed by atoms with Crippen LogP contribution in [-0.2, 0) is 11.5 Å². The lowest BCUT2D eigenvalue weighted by Gasteiger charge is -2.16. The normalized spacial score (nSPS) is 12.0. The summed E-state index contributed by atoms with van der Waals surface area (Å²) in [6.45, 7) is 10.1. The zero-order chi connectivity index (χ0) is 22.0. The first-order valence-corrected chi connectivity index (χ1v) is 15.1. The van der Waals surface area contributed by atoms with Gasteiger partial charge in [-0.15, -0.1) is 10.2 Å². The zero-order valence-corrected chi connectivity index (χ0v) is 20.3. The van der Waals surface area contributed by atoms with Gasteiger partial charge in [0.05, 0.1) is 29.3 Å². The van der Waals surface area contributed by atoms with Gasteiger partial charge < -0.3 is 4.74 Å². The molecule has 0 spiro atoms. The summed E-state index contributed by atoms with van der Waals surface area (Å²) in [7, 11) is -1.15. The third-order valence-electron chi connectivity index (χ3n) is 4.96. The molecule has 0 radical (unpaired) electrons. The molecule has 4 aromatic rings. The van der Waals surface area contributed by atoms with Crippen molar-refractivity contribution in [3.05, 3.63) is 42.5 Å². The summed E-state index contributed by atoms with van der Waals surface area (Å²) in [6, 6.07) is 7.17. The summed E-state index contributed by atoms with van der Waals surface area (Å²) < 4.78 is 9.77. The van der Waals surface area contributed by atoms with E-state index in [0.29, 0.717) is 17.6 Å². The van der Waals surface area contributed by atoms with Crippen LogP contribution in [-0.4, -0.2) is 55.7 Å². The molecule has 0 atom stereocenters. The van der Waals surface area contributed by atoms with Crippen LogP contribution in [0.25, 0.3) is 27.8 Å². The van der Waals surface area contributed by atoms with E-state index in [1.54, 1.807) is 6.20 Å². The maximum atomic E-state index is 6.00. The largest absolute Gasteiger partial charge is 0.360 e. The number of aromatic nitrogens is 7. The number of rotatable bonds is 8. The molecular formula is C21H27N7OSSi. The van der Waals surface area contributed by atoms with Gasteiger partial charge in [-0.25, -0.2) is 14.3 Å². The summed E-state index contributed by atoms with van der Waals surface area (Å²) in [5.41, 5.74) is 4.50. The van der Waals surface area contributed by atoms with Crippen LogP contribution < -0.4 is 0 Å². The van der Waals surface area contributed by atoms with Crippen molar-refractivity contribution in [2.24, 2.45) is 0 Å². The Hall–Kier alpha value is -2.56. The second kappa shape index (κ2) is 8.89. The molecule has 1 aromatic carbocycles. The van der Waals surface area contributed by atoms with Crippen molar-refractivity contribution < 1.29 is 4.74 Å². The van der Waals surface area contributed by atoms with E-state index in [1.165, 1.54) is 11.8 Å². The molecule has 0 aliphatic heterocycles. The first-order valence-electron chi connectivity index (χ1n) is 10.2. The molecule has 0 fully saturated rings. The standard InChI is InChI=1S/C21H27N7OSSi/c1-15-8-9-27(26-15)19-7-6-16(18-13-22-21(30-2)25-24-18)17-12-23-28(20(17)19)14-29-10-11-31(3,4)5/h6-9,12-13H,10-11,14H2,1-5H3. The molecule has 162 valence electrons. The van der Waals surface area contributed by atoms with Gasteiger partial charge >= 0.3 is 0 Å². The Morgan fingerprint density at radius 1 is 1.10 bits per heavy atom. The molecule has 0 saturated carbocycles. The summed E-state index contributed by atoms with van der Waals surface area (Å²) in [5, 5.41) is 19.4. The van der Waals surface area contributed by atoms with Crippen LogP contribution in [0.5, 0.6) is 0 Å². The van der Waals surface area contributed by atoms with E-state index < -0.39 is 8.07 Å². The van der Waals surface area contributed by atoms with Crippen LogP contribution in [0.2, 0.25) is 25.7 Å². The Morgan fingerprint density at radius 3 is 2.58 bits per heavy atom. The highest BCUT2D eigenvalue weighted by Gasteiger charge is 2.17. The molecular weight excluding hydrogens is 426 g/mol. The quantitative estimate of drug-likeness (QED) is 0.222. The third kappa shape index (κ3) is 4.86. The minimum atomic E-state index is -1.15. The lowest BCUT2D eigenvalue weighted by molar-refractivity contribution is 0.0817. The van der Waals surface area contributed by atoms with E-state index in [0.717, 1.165) is 40.5 Å². The monoisotopic (exact) mass is 453 g/mol. The fraction of sp³-hybridized carbons (Fsp3) is 0.381. The van der Waals surface area contributed by atoms with Crippen molar-refractivity contribution in [2.45, 2.75) is 44.5 Å². The molecule has 3 heterocycles. The van der Waals surface area contributed by atoms with E-state index in [2.05, 4.69) is 45.0 Å². The van der Waals surface area contributed by atoms with Crippen molar-refractivity contribution in [1.29, 1.82) is 0 Å². The van der Waals surface area contributed by atoms with Gasteiger partial charge in [0.15, 0.2) is 0 Å². The van der Waals surface area contributed by atoms with Crippen molar-refractivity contribution in [3.8, 4) is 16.9 Å². The molecule has 31 heavy (non-hydrogen) atoms. The summed E-state index contributed by atoms with van der Waals surface area (Å²) >= 11 is 1.47. The van der Waals surface area contributed by atoms with Crippen LogP contribution in [0.4, 0.5) is 0 Å². The Bertz CT molecular complexity index is 1180. The predicted octanol–water partition coefficient (Wildman–Crippen LogP) is 4.42. The predicted molar refractivity (Wildman–Crippen MR) is 126 cm³/mol. The van der Waals surface area contributed by atoms with Crippen LogP contribution in [0.1, 0.15) is 5.69 Å². The molecule has 8 nitrogen and oxygen atoms in total. The highest BCUT2D eigenvalue weighted by Crippen LogP contribution is 2.31. The summed E-state index contributed by atoms with van der Waals surface area (Å²) in [4.78, 5) is 4.38. The Labute approximate surface area is 187 Å². The van der Waals surface area contributed by atoms with Crippen molar-refractivity contribution in [2.75, 3.05) is 12.9 Å². The molecule has 0 unspecified atom stereocenters. The maximum Gasteiger partial charge on any atom is 0.208 e. The van der Waals surface area contributed by atoms with Gasteiger partial charge in [0.1, 0.15) is 12.4 Å². The van der Waals surface area contributed by atoms with E-state index >= 15 is 0 Å². The number of hydrogen-bond acceptors (Lipinski definition) is 7. The van der Waals surface area contributed by atoms with E-state index in [-0.39, 0.29) is 0 Å². The van der Waals surface area contributed by atoms with Crippen molar-refractivity contribution >= 4 is 30.7 Å². The minimum absolute atomic E-state index is 0.389. The number of benzene rings is 1. The summed E-state index contributed by atoms with van der Waals surface area (Å²) in [5.74, 6) is 0. The Balaban J connectivity index is 1.75. The van der Waals surface area contributed by atoms with Gasteiger partial charge in [0.25, 0.3) is 0 Å². The van der Waals surface area contributed by atoms with Crippen molar-refractivity contribution in [3.63, 3.8) is 0 Å². The molecule has 0 bridgehead atoms. The number of ether oxygens (including phenoxy) is 1. The SMILES string of the molecule is CSc1ncc(-c2ccc(-n3ccc(C)n3)c3c2cnn3COCC[Si](C)(C)C)nn1. The fourth-order valence-electron chi connectivity index (χ4n) is 3.25. The van der Waals surface area contributed by atoms with Crippen LogP contribution >= 0.6 is 11.8 Å². The number of nitrogens with zero attached hydrogens (tertiary/aromatic N) is 7. The molecule has 0 aliphatic carbocycles. The fourth-order valence-corrected chi connectivity index (χ4v) is 4.29. The second-order valence-electron chi connectivity index (χ2n) is 8.62. The van der Waals surface area contributed by atoms with Gasteiger partial charge in [-0.05, 0) is 37.4 Å². The van der Waals surface area contributed by atoms with Gasteiger partial charge in [0, 0.05) is 31.8 Å². The first-order chi connectivity index (χ1) is 14.9. The highest BCUT2D eigenvalue weighted by atomic mass is 32.2. The maximum absolute atomic E-state index is 6.00. The zero-order valence-electron chi connectivity index (χ0n) is 18.5. The molecule has 0 aliphatic rings. The van der Waals surface area contributed by atoms with Gasteiger partial charge in [0.2, 0.25) is 5.16 Å². The molecule has 4 rings (SSSR count). The molecule has 3 aromatic heterocycles. The lowest BCUT2D eigenvalue weighted by atomic mass is 10.1. The Kier molecular flexibility index (Phi) is 6.21. The second-order valence-corrected chi connectivity index (χ2v) is 15.0. The van der Waals surface area contributed by atoms with Crippen LogP contribution in [0.15, 0.2) is 41.9 Å². The highest BCUT2D eigenvalue weighted by molar-refractivity contribution is 7.98. The van der Waals surface area contributed by atoms with E-state index in [4.69, 9.17) is 4.74 Å². The van der Waals surface area contributed by atoms with Crippen molar-refractivity contribution in [1.82, 2.24) is 34.7 Å². The third-order valence-corrected chi connectivity index (χ3v) is 7.21. The van der Waals surface area contributed by atoms with Gasteiger partial charge in [-0.1, -0.05) is 31.4 Å². The van der Waals surface area contributed by atoms with Crippen LogP contribution in [0, 0.1) is 6.92 Å². The number of fused-ring (bicyclic) bond motifs is 1. The topological polar surface area (TPSA) is 83.5 Å². The summed E-state index contributed by atoms with van der Waals surface area (Å²) in [6.07, 6.45) is 7.51. The average Bonchev–Trinajstić information content (AvgIpc) is 3.37. The van der Waals surface area contributed by atoms with E-state index in [9.17, 15) is 0 Å². The van der Waals surface area contributed by atoms with E-state index in [1.807, 2.05) is 53.1 Å². The number of aryl methyl sites for hydroxylation is 1. The average molecular weight is 454 g/mol. The molecule has 0 saturated heterocycles. The first kappa shape index (κ1) is 21.7. The molecule has 10 heteroatoms. The smallest absolute Gasteiger partial charge is 0.208 e. The van der Waals surface area contributed by atoms with Gasteiger partial charge in [-0.3, -0.25) is 0 Å². The van der Waals surface area contributed by atoms with Gasteiger partial charge in [-0.2, -0.15) is 10.2 Å². The van der Waals surface area contributed by atoms with Crippen LogP contribution in [0.3, 0.4) is 0 Å². The molecule has 0 amide bonds. The molecule has 0 N–H and O–H groups in total. The number of thioether (sulfide) groups is 1. The Morgan fingerprint density at radius 2 is 1.94 bits per heavy atom. The lowest BCUT2D eigenvalue weighted by Crippen LogP contribution is -2.22. The minimum Gasteiger partial charge on any atom is -0.360 e. The number of hydrogen-bond donors (Lipinski definition) is 0.